The van der Waals surface area contributed by atoms with Gasteiger partial charge in [-0.25, -0.2) is 13.6 Å². The molecule has 0 aliphatic rings. The smallest absolute Gasteiger partial charge is 0.345 e. The number of esters is 1. The average Bonchev–Trinajstić information content (AvgIpc) is 2.69. The first kappa shape index (κ1) is 19.0. The Bertz CT molecular complexity index is 931. The number of hydrogen-bond donors (Lipinski definition) is 0. The van der Waals surface area contributed by atoms with Gasteiger partial charge in [0.1, 0.15) is 18.8 Å². The number of carbonyl (C=O) groups excluding carboxylic acids is 1. The molecule has 3 aromatic carbocycles. The molecule has 0 atom stereocenters. The minimum absolute atomic E-state index is 0.0641. The molecule has 0 radical (unpaired) electrons. The highest BCUT2D eigenvalue weighted by Gasteiger charge is 2.26. The molecule has 0 heterocycles. The summed E-state index contributed by atoms with van der Waals surface area (Å²) in [4.78, 5) is 12.4. The molecule has 0 aromatic heterocycles. The maximum absolute atomic E-state index is 14.4. The first-order valence-corrected chi connectivity index (χ1v) is 8.91. The van der Waals surface area contributed by atoms with Crippen LogP contribution >= 0.6 is 15.9 Å². The van der Waals surface area contributed by atoms with Crippen molar-refractivity contribution in [1.82, 2.24) is 0 Å². The SMILES string of the molecule is O=C(OCc1ccccc1)c1c(F)c(F)cc(Br)c1OCc1ccccc1. The van der Waals surface area contributed by atoms with Crippen LogP contribution in [0.5, 0.6) is 5.75 Å². The maximum Gasteiger partial charge on any atom is 0.345 e. The van der Waals surface area contributed by atoms with E-state index in [0.29, 0.717) is 0 Å². The first-order valence-electron chi connectivity index (χ1n) is 8.11. The predicted molar refractivity (Wildman–Crippen MR) is 100 cm³/mol. The van der Waals surface area contributed by atoms with Crippen molar-refractivity contribution >= 4 is 21.9 Å². The molecule has 6 heteroatoms. The van der Waals surface area contributed by atoms with Crippen molar-refractivity contribution in [3.63, 3.8) is 0 Å². The van der Waals surface area contributed by atoms with Gasteiger partial charge in [-0.3, -0.25) is 0 Å². The summed E-state index contributed by atoms with van der Waals surface area (Å²) in [5, 5.41) is 0. The molecule has 0 aliphatic carbocycles. The predicted octanol–water partition coefficient (Wildman–Crippen LogP) is 5.66. The summed E-state index contributed by atoms with van der Waals surface area (Å²) in [7, 11) is 0. The summed E-state index contributed by atoms with van der Waals surface area (Å²) in [5.41, 5.74) is 0.972. The van der Waals surface area contributed by atoms with Crippen LogP contribution in [-0.4, -0.2) is 5.97 Å². The summed E-state index contributed by atoms with van der Waals surface area (Å²) in [6, 6.07) is 19.0. The summed E-state index contributed by atoms with van der Waals surface area (Å²) < 4.78 is 39.1. The molecule has 0 saturated heterocycles. The summed E-state index contributed by atoms with van der Waals surface area (Å²) >= 11 is 3.13. The Balaban J connectivity index is 1.84. The van der Waals surface area contributed by atoms with Gasteiger partial charge in [-0.1, -0.05) is 60.7 Å². The molecule has 0 fully saturated rings. The van der Waals surface area contributed by atoms with Gasteiger partial charge in [0.05, 0.1) is 4.47 Å². The summed E-state index contributed by atoms with van der Waals surface area (Å²) in [6.45, 7) is 0.0227. The van der Waals surface area contributed by atoms with Crippen molar-refractivity contribution in [2.75, 3.05) is 0 Å². The number of halogens is 3. The lowest BCUT2D eigenvalue weighted by Gasteiger charge is -2.14. The van der Waals surface area contributed by atoms with E-state index in [1.54, 1.807) is 24.3 Å². The van der Waals surface area contributed by atoms with E-state index < -0.39 is 23.2 Å². The molecular weight excluding hydrogens is 418 g/mol. The van der Waals surface area contributed by atoms with Gasteiger partial charge in [0, 0.05) is 0 Å². The lowest BCUT2D eigenvalue weighted by atomic mass is 10.1. The third-order valence-corrected chi connectivity index (χ3v) is 4.36. The van der Waals surface area contributed by atoms with Crippen LogP contribution in [0.2, 0.25) is 0 Å². The van der Waals surface area contributed by atoms with Crippen LogP contribution in [0.4, 0.5) is 8.78 Å². The van der Waals surface area contributed by atoms with Gasteiger partial charge in [-0.15, -0.1) is 0 Å². The number of rotatable bonds is 6. The summed E-state index contributed by atoms with van der Waals surface area (Å²) in [5.74, 6) is -3.57. The van der Waals surface area contributed by atoms with Gasteiger partial charge in [0.15, 0.2) is 17.4 Å². The molecule has 27 heavy (non-hydrogen) atoms. The van der Waals surface area contributed by atoms with Crippen LogP contribution in [0.3, 0.4) is 0 Å². The second-order valence-corrected chi connectivity index (χ2v) is 6.55. The van der Waals surface area contributed by atoms with Gasteiger partial charge in [0.2, 0.25) is 0 Å². The highest BCUT2D eigenvalue weighted by molar-refractivity contribution is 9.10. The number of hydrogen-bond acceptors (Lipinski definition) is 3. The minimum Gasteiger partial charge on any atom is -0.487 e. The van der Waals surface area contributed by atoms with Crippen LogP contribution in [0.15, 0.2) is 71.2 Å². The van der Waals surface area contributed by atoms with Crippen molar-refractivity contribution in [3.8, 4) is 5.75 Å². The highest BCUT2D eigenvalue weighted by Crippen LogP contribution is 2.34. The van der Waals surface area contributed by atoms with Crippen LogP contribution in [0, 0.1) is 11.6 Å². The molecule has 3 rings (SSSR count). The third-order valence-electron chi connectivity index (χ3n) is 3.77. The number of carbonyl (C=O) groups is 1. The van der Waals surface area contributed by atoms with E-state index in [0.717, 1.165) is 17.2 Å². The molecule has 0 N–H and O–H groups in total. The monoisotopic (exact) mass is 432 g/mol. The van der Waals surface area contributed by atoms with Crippen LogP contribution < -0.4 is 4.74 Å². The normalized spacial score (nSPS) is 10.5. The molecule has 138 valence electrons. The van der Waals surface area contributed by atoms with E-state index in [-0.39, 0.29) is 23.4 Å². The fourth-order valence-corrected chi connectivity index (χ4v) is 2.94. The number of ether oxygens (including phenoxy) is 2. The van der Waals surface area contributed by atoms with Gasteiger partial charge in [-0.2, -0.15) is 0 Å². The molecule has 3 nitrogen and oxygen atoms in total. The van der Waals surface area contributed by atoms with Gasteiger partial charge < -0.3 is 9.47 Å². The van der Waals surface area contributed by atoms with Crippen molar-refractivity contribution in [2.45, 2.75) is 13.2 Å². The Kier molecular flexibility index (Phi) is 6.19. The van der Waals surface area contributed by atoms with Gasteiger partial charge >= 0.3 is 5.97 Å². The van der Waals surface area contributed by atoms with E-state index >= 15 is 0 Å². The molecule has 0 bridgehead atoms. The van der Waals surface area contributed by atoms with Crippen molar-refractivity contribution < 1.29 is 23.0 Å². The lowest BCUT2D eigenvalue weighted by Crippen LogP contribution is -2.12. The van der Waals surface area contributed by atoms with E-state index in [1.165, 1.54) is 0 Å². The fourth-order valence-electron chi connectivity index (χ4n) is 2.43. The Morgan fingerprint density at radius 3 is 2.04 bits per heavy atom. The topological polar surface area (TPSA) is 35.5 Å². The zero-order valence-corrected chi connectivity index (χ0v) is 15.7. The maximum atomic E-state index is 14.4. The van der Waals surface area contributed by atoms with Crippen molar-refractivity contribution in [1.29, 1.82) is 0 Å². The second kappa shape index (κ2) is 8.77. The Hall–Kier alpha value is -2.73. The first-order chi connectivity index (χ1) is 13.1. The van der Waals surface area contributed by atoms with Crippen LogP contribution in [0.25, 0.3) is 0 Å². The van der Waals surface area contributed by atoms with Gasteiger partial charge in [0.25, 0.3) is 0 Å². The molecular formula is C21H15BrF2O3. The van der Waals surface area contributed by atoms with Crippen LogP contribution in [-0.2, 0) is 18.0 Å². The average molecular weight is 433 g/mol. The third kappa shape index (κ3) is 4.71. The van der Waals surface area contributed by atoms with Crippen LogP contribution in [0.1, 0.15) is 21.5 Å². The largest absolute Gasteiger partial charge is 0.487 e. The van der Waals surface area contributed by atoms with E-state index in [9.17, 15) is 13.6 Å². The van der Waals surface area contributed by atoms with E-state index in [1.807, 2.05) is 36.4 Å². The standard InChI is InChI=1S/C21H15BrF2O3/c22-16-11-17(23)19(24)18(20(16)26-12-14-7-3-1-4-8-14)21(25)27-13-15-9-5-2-6-10-15/h1-11H,12-13H2. The Morgan fingerprint density at radius 1 is 0.889 bits per heavy atom. The zero-order valence-electron chi connectivity index (χ0n) is 14.1. The molecule has 3 aromatic rings. The lowest BCUT2D eigenvalue weighted by molar-refractivity contribution is 0.0460. The van der Waals surface area contributed by atoms with Crippen molar-refractivity contribution in [2.24, 2.45) is 0 Å². The highest BCUT2D eigenvalue weighted by atomic mass is 79.9. The Labute approximate surface area is 163 Å². The quantitative estimate of drug-likeness (QED) is 0.372. The molecule has 0 saturated carbocycles. The van der Waals surface area contributed by atoms with Crippen molar-refractivity contribution in [3.05, 3.63) is 99.5 Å². The number of benzene rings is 3. The molecule has 0 unspecified atom stereocenters. The van der Waals surface area contributed by atoms with E-state index in [2.05, 4.69) is 15.9 Å². The fraction of sp³-hybridized carbons (Fsp3) is 0.0952. The minimum atomic E-state index is -1.31. The Morgan fingerprint density at radius 2 is 1.44 bits per heavy atom. The second-order valence-electron chi connectivity index (χ2n) is 5.69. The molecule has 0 amide bonds. The summed E-state index contributed by atoms with van der Waals surface area (Å²) in [6.07, 6.45) is 0. The molecule has 0 aliphatic heterocycles. The van der Waals surface area contributed by atoms with Gasteiger partial charge in [-0.05, 0) is 33.1 Å². The molecule has 0 spiro atoms. The van der Waals surface area contributed by atoms with E-state index in [4.69, 9.17) is 9.47 Å². The zero-order chi connectivity index (χ0) is 19.2.